The second-order valence-corrected chi connectivity index (χ2v) is 4.68. The number of fused-ring (bicyclic) bond motifs is 1. The monoisotopic (exact) mass is 254 g/mol. The van der Waals surface area contributed by atoms with Crippen molar-refractivity contribution >= 4 is 33.1 Å². The Morgan fingerprint density at radius 2 is 1.89 bits per heavy atom. The van der Waals surface area contributed by atoms with E-state index in [2.05, 4.69) is 10.3 Å². The van der Waals surface area contributed by atoms with Gasteiger partial charge in [0, 0.05) is 5.69 Å². The predicted octanol–water partition coefficient (Wildman–Crippen LogP) is 3.55. The fourth-order valence-corrected chi connectivity index (χ4v) is 2.59. The van der Waals surface area contributed by atoms with Crippen molar-refractivity contribution in [1.29, 1.82) is 0 Å². The van der Waals surface area contributed by atoms with Crippen molar-refractivity contribution in [3.63, 3.8) is 0 Å². The smallest absolute Gasteiger partial charge is 0.257 e. The molecule has 2 aromatic carbocycles. The molecule has 1 heterocycles. The lowest BCUT2D eigenvalue weighted by molar-refractivity contribution is 0.102. The standard InChI is InChI=1S/C14H10N2OS/c17-14(16-10-5-2-1-3-6-10)11-7-4-8-12-13(11)18-9-15-12/h1-9H,(H,16,17). The molecule has 1 N–H and O–H groups in total. The SMILES string of the molecule is O=C(Nc1ccccc1)c1cccc2ncsc12. The Hall–Kier alpha value is -2.20. The van der Waals surface area contributed by atoms with Crippen molar-refractivity contribution in [2.45, 2.75) is 0 Å². The zero-order chi connectivity index (χ0) is 12.4. The average molecular weight is 254 g/mol. The second kappa shape index (κ2) is 4.58. The number of carbonyl (C=O) groups excluding carboxylic acids is 1. The van der Waals surface area contributed by atoms with E-state index < -0.39 is 0 Å². The molecule has 0 aliphatic carbocycles. The highest BCUT2D eigenvalue weighted by atomic mass is 32.1. The number of rotatable bonds is 2. The van der Waals surface area contributed by atoms with E-state index in [0.717, 1.165) is 15.9 Å². The molecule has 0 aliphatic rings. The summed E-state index contributed by atoms with van der Waals surface area (Å²) < 4.78 is 0.922. The van der Waals surface area contributed by atoms with Crippen LogP contribution in [0.4, 0.5) is 5.69 Å². The zero-order valence-electron chi connectivity index (χ0n) is 9.46. The van der Waals surface area contributed by atoms with Gasteiger partial charge in [-0.25, -0.2) is 4.98 Å². The molecule has 0 aliphatic heterocycles. The Kier molecular flexibility index (Phi) is 2.78. The molecule has 0 radical (unpaired) electrons. The molecule has 0 atom stereocenters. The van der Waals surface area contributed by atoms with Crippen LogP contribution in [0.25, 0.3) is 10.2 Å². The molecule has 18 heavy (non-hydrogen) atoms. The first kappa shape index (κ1) is 10.9. The molecule has 0 saturated heterocycles. The van der Waals surface area contributed by atoms with Crippen LogP contribution in [0, 0.1) is 0 Å². The molecule has 3 nitrogen and oxygen atoms in total. The highest BCUT2D eigenvalue weighted by Gasteiger charge is 2.11. The van der Waals surface area contributed by atoms with E-state index in [1.54, 1.807) is 5.51 Å². The number of nitrogens with one attached hydrogen (secondary N) is 1. The summed E-state index contributed by atoms with van der Waals surface area (Å²) in [6, 6.07) is 15.0. The molecule has 0 bridgehead atoms. The normalized spacial score (nSPS) is 10.4. The molecule has 3 rings (SSSR count). The molecule has 1 amide bonds. The van der Waals surface area contributed by atoms with Gasteiger partial charge in [0.15, 0.2) is 0 Å². The first-order chi connectivity index (χ1) is 8.84. The Labute approximate surface area is 108 Å². The van der Waals surface area contributed by atoms with Crippen molar-refractivity contribution in [1.82, 2.24) is 4.98 Å². The summed E-state index contributed by atoms with van der Waals surface area (Å²) >= 11 is 1.48. The summed E-state index contributed by atoms with van der Waals surface area (Å²) in [5.74, 6) is -0.101. The Bertz CT molecular complexity index is 691. The fraction of sp³-hybridized carbons (Fsp3) is 0. The van der Waals surface area contributed by atoms with Crippen LogP contribution in [0.3, 0.4) is 0 Å². The highest BCUT2D eigenvalue weighted by Crippen LogP contribution is 2.23. The van der Waals surface area contributed by atoms with Gasteiger partial charge in [-0.05, 0) is 24.3 Å². The summed E-state index contributed by atoms with van der Waals surface area (Å²) in [7, 11) is 0. The Morgan fingerprint density at radius 3 is 2.72 bits per heavy atom. The minimum Gasteiger partial charge on any atom is -0.322 e. The van der Waals surface area contributed by atoms with Gasteiger partial charge in [-0.3, -0.25) is 4.79 Å². The first-order valence-corrected chi connectivity index (χ1v) is 6.41. The number of hydrogen-bond acceptors (Lipinski definition) is 3. The fourth-order valence-electron chi connectivity index (χ4n) is 1.78. The van der Waals surface area contributed by atoms with E-state index in [4.69, 9.17) is 0 Å². The van der Waals surface area contributed by atoms with Crippen molar-refractivity contribution in [3.8, 4) is 0 Å². The number of para-hydroxylation sites is 1. The summed E-state index contributed by atoms with van der Waals surface area (Å²) in [4.78, 5) is 16.4. The zero-order valence-corrected chi connectivity index (χ0v) is 10.3. The molecule has 0 spiro atoms. The van der Waals surface area contributed by atoms with Crippen LogP contribution in [-0.4, -0.2) is 10.9 Å². The number of benzene rings is 2. The molecule has 0 fully saturated rings. The highest BCUT2D eigenvalue weighted by molar-refractivity contribution is 7.17. The topological polar surface area (TPSA) is 42.0 Å². The maximum absolute atomic E-state index is 12.2. The van der Waals surface area contributed by atoms with Crippen LogP contribution in [-0.2, 0) is 0 Å². The lowest BCUT2D eigenvalue weighted by atomic mass is 10.2. The lowest BCUT2D eigenvalue weighted by Crippen LogP contribution is -2.11. The third kappa shape index (κ3) is 1.98. The molecule has 0 unspecified atom stereocenters. The van der Waals surface area contributed by atoms with Crippen molar-refractivity contribution < 1.29 is 4.79 Å². The molecule has 1 aromatic heterocycles. The quantitative estimate of drug-likeness (QED) is 0.760. The Balaban J connectivity index is 1.95. The van der Waals surface area contributed by atoms with Gasteiger partial charge in [0.2, 0.25) is 0 Å². The number of thiazole rings is 1. The number of amides is 1. The van der Waals surface area contributed by atoms with Gasteiger partial charge in [0.05, 0.1) is 21.3 Å². The van der Waals surface area contributed by atoms with Crippen molar-refractivity contribution in [2.75, 3.05) is 5.32 Å². The van der Waals surface area contributed by atoms with Gasteiger partial charge in [-0.2, -0.15) is 0 Å². The second-order valence-electron chi connectivity index (χ2n) is 3.83. The van der Waals surface area contributed by atoms with Gasteiger partial charge < -0.3 is 5.32 Å². The number of hydrogen-bond donors (Lipinski definition) is 1. The number of anilines is 1. The molecule has 3 aromatic rings. The summed E-state index contributed by atoms with van der Waals surface area (Å²) in [5.41, 5.74) is 4.08. The maximum Gasteiger partial charge on any atom is 0.257 e. The number of aromatic nitrogens is 1. The van der Waals surface area contributed by atoms with E-state index in [0.29, 0.717) is 5.56 Å². The van der Waals surface area contributed by atoms with E-state index in [9.17, 15) is 4.79 Å². The molecular weight excluding hydrogens is 244 g/mol. The van der Waals surface area contributed by atoms with E-state index in [1.807, 2.05) is 48.5 Å². The third-order valence-electron chi connectivity index (χ3n) is 2.63. The van der Waals surface area contributed by atoms with Gasteiger partial charge in [-0.15, -0.1) is 11.3 Å². The van der Waals surface area contributed by atoms with Crippen molar-refractivity contribution in [2.24, 2.45) is 0 Å². The molecule has 4 heteroatoms. The summed E-state index contributed by atoms with van der Waals surface area (Å²) in [6.45, 7) is 0. The van der Waals surface area contributed by atoms with Crippen LogP contribution in [0.2, 0.25) is 0 Å². The minimum absolute atomic E-state index is 0.101. The van der Waals surface area contributed by atoms with Gasteiger partial charge in [-0.1, -0.05) is 24.3 Å². The Morgan fingerprint density at radius 1 is 1.06 bits per heavy atom. The lowest BCUT2D eigenvalue weighted by Gasteiger charge is -2.05. The molecular formula is C14H10N2OS. The van der Waals surface area contributed by atoms with Crippen LogP contribution >= 0.6 is 11.3 Å². The number of nitrogens with zero attached hydrogens (tertiary/aromatic N) is 1. The van der Waals surface area contributed by atoms with E-state index in [-0.39, 0.29) is 5.91 Å². The van der Waals surface area contributed by atoms with Crippen LogP contribution < -0.4 is 5.32 Å². The summed E-state index contributed by atoms with van der Waals surface area (Å²) in [6.07, 6.45) is 0. The van der Waals surface area contributed by atoms with Gasteiger partial charge >= 0.3 is 0 Å². The van der Waals surface area contributed by atoms with Gasteiger partial charge in [0.1, 0.15) is 0 Å². The maximum atomic E-state index is 12.2. The van der Waals surface area contributed by atoms with Crippen molar-refractivity contribution in [3.05, 3.63) is 59.6 Å². The summed E-state index contributed by atoms with van der Waals surface area (Å²) in [5, 5.41) is 2.88. The average Bonchev–Trinajstić information content (AvgIpc) is 2.87. The predicted molar refractivity (Wildman–Crippen MR) is 74.0 cm³/mol. The van der Waals surface area contributed by atoms with Crippen LogP contribution in [0.5, 0.6) is 0 Å². The van der Waals surface area contributed by atoms with Crippen LogP contribution in [0.15, 0.2) is 54.0 Å². The van der Waals surface area contributed by atoms with E-state index in [1.165, 1.54) is 11.3 Å². The molecule has 88 valence electrons. The van der Waals surface area contributed by atoms with Crippen LogP contribution in [0.1, 0.15) is 10.4 Å². The largest absolute Gasteiger partial charge is 0.322 e. The van der Waals surface area contributed by atoms with Gasteiger partial charge in [0.25, 0.3) is 5.91 Å². The van der Waals surface area contributed by atoms with E-state index >= 15 is 0 Å². The third-order valence-corrected chi connectivity index (χ3v) is 3.51. The molecule has 0 saturated carbocycles. The minimum atomic E-state index is -0.101. The first-order valence-electron chi connectivity index (χ1n) is 5.53. The number of carbonyl (C=O) groups is 1.